The van der Waals surface area contributed by atoms with Gasteiger partial charge in [0.25, 0.3) is 5.56 Å². The molecule has 1 atom stereocenters. The Morgan fingerprint density at radius 1 is 1.19 bits per heavy atom. The first kappa shape index (κ1) is 18.5. The van der Waals surface area contributed by atoms with Crippen molar-refractivity contribution in [1.82, 2.24) is 9.55 Å². The molecule has 7 nitrogen and oxygen atoms in total. The number of hydrogen-bond donors (Lipinski definition) is 0. The van der Waals surface area contributed by atoms with Crippen LogP contribution in [0.2, 0.25) is 0 Å². The summed E-state index contributed by atoms with van der Waals surface area (Å²) in [5.74, 6) is 0.562. The highest BCUT2D eigenvalue weighted by molar-refractivity contribution is 5.74. The molecule has 3 aromatic rings. The van der Waals surface area contributed by atoms with Crippen LogP contribution in [0.25, 0.3) is 21.5 Å². The fourth-order valence-corrected chi connectivity index (χ4v) is 3.05. The van der Waals surface area contributed by atoms with Gasteiger partial charge >= 0.3 is 0 Å². The normalized spacial score (nSPS) is 11.7. The van der Waals surface area contributed by atoms with Crippen LogP contribution in [0.1, 0.15) is 24.5 Å². The van der Waals surface area contributed by atoms with Crippen LogP contribution in [0.15, 0.2) is 64.5 Å². The first-order valence-electron chi connectivity index (χ1n) is 8.85. The molecule has 27 heavy (non-hydrogen) atoms. The quantitative estimate of drug-likeness (QED) is 0.260. The second-order valence-corrected chi connectivity index (χ2v) is 6.26. The molecule has 0 bridgehead atoms. The maximum atomic E-state index is 12.8. The summed E-state index contributed by atoms with van der Waals surface area (Å²) in [6.07, 6.45) is 1.37. The lowest BCUT2D eigenvalue weighted by molar-refractivity contribution is 0.301. The number of para-hydroxylation sites is 3. The van der Waals surface area contributed by atoms with Crippen molar-refractivity contribution in [2.45, 2.75) is 18.8 Å². The van der Waals surface area contributed by atoms with Gasteiger partial charge in [0.1, 0.15) is 11.4 Å². The lowest BCUT2D eigenvalue weighted by atomic mass is 9.99. The molecule has 0 unspecified atom stereocenters. The van der Waals surface area contributed by atoms with Gasteiger partial charge in [-0.2, -0.15) is 0 Å². The summed E-state index contributed by atoms with van der Waals surface area (Å²) in [4.78, 5) is 20.2. The monoisotopic (exact) mass is 363 g/mol. The van der Waals surface area contributed by atoms with Gasteiger partial charge in [-0.1, -0.05) is 35.4 Å². The van der Waals surface area contributed by atoms with Crippen LogP contribution in [-0.2, 0) is 7.05 Å². The van der Waals surface area contributed by atoms with E-state index in [9.17, 15) is 4.79 Å². The van der Waals surface area contributed by atoms with Gasteiger partial charge in [0.05, 0.1) is 17.6 Å². The van der Waals surface area contributed by atoms with Crippen molar-refractivity contribution in [3.63, 3.8) is 0 Å². The minimum absolute atomic E-state index is 0.157. The van der Waals surface area contributed by atoms with E-state index in [1.807, 2.05) is 54.6 Å². The van der Waals surface area contributed by atoms with E-state index in [4.69, 9.17) is 10.3 Å². The Morgan fingerprint density at radius 2 is 1.93 bits per heavy atom. The molecule has 1 heterocycles. The maximum absolute atomic E-state index is 12.8. The van der Waals surface area contributed by atoms with Crippen molar-refractivity contribution < 1.29 is 4.74 Å². The van der Waals surface area contributed by atoms with Gasteiger partial charge in [0, 0.05) is 24.4 Å². The molecule has 2 aromatic carbocycles. The second kappa shape index (κ2) is 8.87. The topological polar surface area (TPSA) is 92.9 Å². The molecule has 0 fully saturated rings. The van der Waals surface area contributed by atoms with E-state index in [-0.39, 0.29) is 18.0 Å². The van der Waals surface area contributed by atoms with Crippen LogP contribution >= 0.6 is 0 Å². The van der Waals surface area contributed by atoms with Crippen molar-refractivity contribution in [3.05, 3.63) is 81.1 Å². The van der Waals surface area contributed by atoms with Crippen LogP contribution in [0.5, 0.6) is 5.75 Å². The highest BCUT2D eigenvalue weighted by atomic mass is 16.5. The van der Waals surface area contributed by atoms with Gasteiger partial charge in [0.2, 0.25) is 0 Å². The van der Waals surface area contributed by atoms with Gasteiger partial charge in [-0.05, 0) is 42.6 Å². The minimum Gasteiger partial charge on any atom is -0.494 e. The predicted octanol–water partition coefficient (Wildman–Crippen LogP) is 4.19. The molecule has 0 aliphatic heterocycles. The lowest BCUT2D eigenvalue weighted by Gasteiger charge is -2.16. The Bertz CT molecular complexity index is 1010. The number of rotatable bonds is 8. The van der Waals surface area contributed by atoms with E-state index >= 15 is 0 Å². The van der Waals surface area contributed by atoms with Crippen molar-refractivity contribution in [2.75, 3.05) is 13.2 Å². The van der Waals surface area contributed by atoms with E-state index in [0.29, 0.717) is 18.7 Å². The molecular weight excluding hydrogens is 342 g/mol. The van der Waals surface area contributed by atoms with Crippen LogP contribution in [0.3, 0.4) is 0 Å². The van der Waals surface area contributed by atoms with Crippen LogP contribution in [0, 0.1) is 0 Å². The highest BCUT2D eigenvalue weighted by Crippen LogP contribution is 2.20. The van der Waals surface area contributed by atoms with Crippen molar-refractivity contribution in [2.24, 2.45) is 12.2 Å². The number of azide groups is 1. The molecule has 0 saturated heterocycles. The summed E-state index contributed by atoms with van der Waals surface area (Å²) < 4.78 is 7.31. The Balaban J connectivity index is 1.78. The van der Waals surface area contributed by atoms with Crippen LogP contribution < -0.4 is 10.3 Å². The van der Waals surface area contributed by atoms with Crippen molar-refractivity contribution >= 4 is 11.0 Å². The minimum atomic E-state index is -0.247. The van der Waals surface area contributed by atoms with Crippen LogP contribution in [-0.4, -0.2) is 22.7 Å². The summed E-state index contributed by atoms with van der Waals surface area (Å²) in [6.45, 7) is 0.715. The summed E-state index contributed by atoms with van der Waals surface area (Å²) in [5.41, 5.74) is 10.5. The summed E-state index contributed by atoms with van der Waals surface area (Å²) in [7, 11) is 1.74. The molecular formula is C20H21N5O2. The molecule has 7 heteroatoms. The highest BCUT2D eigenvalue weighted by Gasteiger charge is 2.18. The number of benzene rings is 2. The van der Waals surface area contributed by atoms with Crippen LogP contribution in [0.4, 0.5) is 0 Å². The first-order valence-corrected chi connectivity index (χ1v) is 8.85. The molecule has 0 spiro atoms. The number of nitrogens with zero attached hydrogens (tertiary/aromatic N) is 5. The maximum Gasteiger partial charge on any atom is 0.272 e. The third-order valence-electron chi connectivity index (χ3n) is 4.47. The van der Waals surface area contributed by atoms with E-state index in [1.54, 1.807) is 11.6 Å². The first-order chi connectivity index (χ1) is 13.2. The van der Waals surface area contributed by atoms with E-state index < -0.39 is 0 Å². The van der Waals surface area contributed by atoms with Crippen molar-refractivity contribution in [1.29, 1.82) is 0 Å². The van der Waals surface area contributed by atoms with Gasteiger partial charge in [-0.25, -0.2) is 4.98 Å². The Morgan fingerprint density at radius 3 is 2.70 bits per heavy atom. The largest absolute Gasteiger partial charge is 0.494 e. The zero-order chi connectivity index (χ0) is 19.1. The van der Waals surface area contributed by atoms with Crippen molar-refractivity contribution in [3.8, 4) is 5.75 Å². The van der Waals surface area contributed by atoms with Gasteiger partial charge in [-0.3, -0.25) is 4.79 Å². The number of hydrogen-bond acceptors (Lipinski definition) is 4. The van der Waals surface area contributed by atoms with Gasteiger partial charge in [-0.15, -0.1) is 0 Å². The summed E-state index contributed by atoms with van der Waals surface area (Å²) in [6, 6.07) is 17.1. The average Bonchev–Trinajstić information content (AvgIpc) is 2.71. The molecule has 0 amide bonds. The van der Waals surface area contributed by atoms with E-state index in [1.165, 1.54) is 0 Å². The third kappa shape index (κ3) is 4.46. The number of ether oxygens (including phenoxy) is 1. The van der Waals surface area contributed by atoms with Gasteiger partial charge < -0.3 is 9.30 Å². The second-order valence-electron chi connectivity index (χ2n) is 6.26. The average molecular weight is 363 g/mol. The zero-order valence-electron chi connectivity index (χ0n) is 15.2. The standard InChI is InChI=1S/C20H21N5O2/c1-25-18-12-6-5-11-17(18)23-19(20(25)26)15(14-22-24-21)8-7-13-27-16-9-3-2-4-10-16/h2-6,9-12,15H,7-8,13-14H2,1H3/t15-/m1/s1. The number of aromatic nitrogens is 2. The molecule has 138 valence electrons. The third-order valence-corrected chi connectivity index (χ3v) is 4.47. The molecule has 0 N–H and O–H groups in total. The molecule has 0 saturated carbocycles. The Hall–Kier alpha value is -3.31. The Kier molecular flexibility index (Phi) is 6.07. The SMILES string of the molecule is Cn1c(=O)c([C@H](CCCOc2ccccc2)CN=[N+]=[N-])nc2ccccc21. The molecule has 0 aliphatic rings. The Labute approximate surface area is 156 Å². The fourth-order valence-electron chi connectivity index (χ4n) is 3.05. The van der Waals surface area contributed by atoms with Gasteiger partial charge in [0.15, 0.2) is 0 Å². The lowest BCUT2D eigenvalue weighted by Crippen LogP contribution is -2.26. The molecule has 0 aliphatic carbocycles. The number of fused-ring (bicyclic) bond motifs is 1. The molecule has 1 aromatic heterocycles. The smallest absolute Gasteiger partial charge is 0.272 e. The summed E-state index contributed by atoms with van der Waals surface area (Å²) in [5, 5.41) is 3.69. The zero-order valence-corrected chi connectivity index (χ0v) is 15.2. The molecule has 0 radical (unpaired) electrons. The summed E-state index contributed by atoms with van der Waals surface area (Å²) >= 11 is 0. The van der Waals surface area contributed by atoms with E-state index in [0.717, 1.165) is 23.2 Å². The number of aryl methyl sites for hydroxylation is 1. The molecule has 3 rings (SSSR count). The fraction of sp³-hybridized carbons (Fsp3) is 0.300. The predicted molar refractivity (Wildman–Crippen MR) is 105 cm³/mol. The van der Waals surface area contributed by atoms with E-state index in [2.05, 4.69) is 15.0 Å².